The molecular weight excluding hydrogens is 338 g/mol. The van der Waals surface area contributed by atoms with Crippen molar-refractivity contribution in [3.05, 3.63) is 77.9 Å². The van der Waals surface area contributed by atoms with Gasteiger partial charge in [0.05, 0.1) is 6.33 Å². The van der Waals surface area contributed by atoms with Crippen molar-refractivity contribution < 1.29 is 9.53 Å². The van der Waals surface area contributed by atoms with E-state index in [4.69, 9.17) is 4.74 Å². The van der Waals surface area contributed by atoms with Crippen LogP contribution in [0, 0.1) is 13.8 Å². The van der Waals surface area contributed by atoms with Crippen LogP contribution in [0.2, 0.25) is 0 Å². The fraction of sp³-hybridized carbons (Fsp3) is 0.273. The maximum absolute atomic E-state index is 12.5. The summed E-state index contributed by atoms with van der Waals surface area (Å²) in [6.07, 6.45) is 5.50. The van der Waals surface area contributed by atoms with Gasteiger partial charge in [-0.25, -0.2) is 4.98 Å². The fourth-order valence-electron chi connectivity index (χ4n) is 2.77. The van der Waals surface area contributed by atoms with E-state index in [2.05, 4.69) is 17.2 Å². The molecule has 5 nitrogen and oxygen atoms in total. The lowest BCUT2D eigenvalue weighted by Crippen LogP contribution is -2.37. The summed E-state index contributed by atoms with van der Waals surface area (Å²) in [6, 6.07) is 13.9. The highest BCUT2D eigenvalue weighted by Crippen LogP contribution is 2.18. The van der Waals surface area contributed by atoms with Gasteiger partial charge in [0, 0.05) is 24.6 Å². The Labute approximate surface area is 160 Å². The molecule has 0 fully saturated rings. The number of aromatic nitrogens is 2. The molecule has 0 radical (unpaired) electrons. The molecule has 1 aromatic heterocycles. The summed E-state index contributed by atoms with van der Waals surface area (Å²) in [5.74, 6) is 0.624. The van der Waals surface area contributed by atoms with Crippen molar-refractivity contribution in [2.75, 3.05) is 0 Å². The van der Waals surface area contributed by atoms with Gasteiger partial charge in [-0.2, -0.15) is 0 Å². The molecule has 1 heterocycles. The molecule has 0 unspecified atom stereocenters. The van der Waals surface area contributed by atoms with Gasteiger partial charge in [0.25, 0.3) is 5.91 Å². The maximum atomic E-state index is 12.5. The topological polar surface area (TPSA) is 56.1 Å². The van der Waals surface area contributed by atoms with Crippen molar-refractivity contribution in [2.45, 2.75) is 39.8 Å². The SMILES string of the molecule is CC[C@@H](Oc1ccc(C)c(C)c1)C(=O)NCc1ccc(-n2ccnc2)cc1. The molecule has 1 N–H and O–H groups in total. The van der Waals surface area contributed by atoms with Crippen molar-refractivity contribution in [3.8, 4) is 11.4 Å². The molecule has 0 aliphatic carbocycles. The number of nitrogens with zero attached hydrogens (tertiary/aromatic N) is 2. The van der Waals surface area contributed by atoms with Crippen LogP contribution < -0.4 is 10.1 Å². The van der Waals surface area contributed by atoms with Gasteiger partial charge < -0.3 is 14.6 Å². The lowest BCUT2D eigenvalue weighted by atomic mass is 10.1. The van der Waals surface area contributed by atoms with Gasteiger partial charge in [0.1, 0.15) is 5.75 Å². The molecule has 0 spiro atoms. The second-order valence-electron chi connectivity index (χ2n) is 6.62. The Hall–Kier alpha value is -3.08. The highest BCUT2D eigenvalue weighted by Gasteiger charge is 2.18. The molecule has 5 heteroatoms. The number of benzene rings is 2. The van der Waals surface area contributed by atoms with Crippen LogP contribution in [0.1, 0.15) is 30.0 Å². The predicted octanol–water partition coefficient (Wildman–Crippen LogP) is 3.96. The number of nitrogens with one attached hydrogen (secondary N) is 1. The van der Waals surface area contributed by atoms with Gasteiger partial charge in [-0.15, -0.1) is 0 Å². The molecule has 1 amide bonds. The number of carbonyl (C=O) groups is 1. The van der Waals surface area contributed by atoms with E-state index >= 15 is 0 Å². The molecule has 1 atom stereocenters. The van der Waals surface area contributed by atoms with Crippen molar-refractivity contribution in [1.29, 1.82) is 0 Å². The van der Waals surface area contributed by atoms with Crippen LogP contribution in [0.5, 0.6) is 5.75 Å². The van der Waals surface area contributed by atoms with Crippen LogP contribution in [0.3, 0.4) is 0 Å². The highest BCUT2D eigenvalue weighted by atomic mass is 16.5. The van der Waals surface area contributed by atoms with Gasteiger partial charge in [-0.1, -0.05) is 25.1 Å². The molecule has 0 saturated carbocycles. The van der Waals surface area contributed by atoms with E-state index in [0.717, 1.165) is 22.6 Å². The minimum absolute atomic E-state index is 0.102. The molecule has 2 aromatic carbocycles. The zero-order valence-electron chi connectivity index (χ0n) is 16.0. The summed E-state index contributed by atoms with van der Waals surface area (Å²) >= 11 is 0. The molecule has 0 bridgehead atoms. The molecule has 3 aromatic rings. The zero-order valence-corrected chi connectivity index (χ0v) is 16.0. The van der Waals surface area contributed by atoms with E-state index in [1.54, 1.807) is 12.5 Å². The summed E-state index contributed by atoms with van der Waals surface area (Å²) in [6.45, 7) is 6.51. The van der Waals surface area contributed by atoms with Gasteiger partial charge in [0.2, 0.25) is 0 Å². The molecule has 3 rings (SSSR count). The summed E-state index contributed by atoms with van der Waals surface area (Å²) in [4.78, 5) is 16.6. The lowest BCUT2D eigenvalue weighted by Gasteiger charge is -2.18. The largest absolute Gasteiger partial charge is 0.481 e. The Morgan fingerprint density at radius 3 is 2.56 bits per heavy atom. The normalized spacial score (nSPS) is 11.8. The molecule has 0 aliphatic heterocycles. The third kappa shape index (κ3) is 4.76. The Morgan fingerprint density at radius 2 is 1.93 bits per heavy atom. The average Bonchev–Trinajstić information content (AvgIpc) is 3.22. The van der Waals surface area contributed by atoms with Crippen LogP contribution in [-0.4, -0.2) is 21.6 Å². The number of ether oxygens (including phenoxy) is 1. The van der Waals surface area contributed by atoms with Gasteiger partial charge in [-0.05, 0) is 61.2 Å². The van der Waals surface area contributed by atoms with E-state index in [9.17, 15) is 4.79 Å². The number of amides is 1. The first-order valence-electron chi connectivity index (χ1n) is 9.15. The second-order valence-corrected chi connectivity index (χ2v) is 6.62. The molecule has 0 aliphatic rings. The van der Waals surface area contributed by atoms with Crippen LogP contribution in [-0.2, 0) is 11.3 Å². The number of imidazole rings is 1. The fourth-order valence-corrected chi connectivity index (χ4v) is 2.77. The number of rotatable bonds is 7. The summed E-state index contributed by atoms with van der Waals surface area (Å²) in [5, 5.41) is 2.97. The minimum Gasteiger partial charge on any atom is -0.481 e. The third-order valence-corrected chi connectivity index (χ3v) is 4.63. The summed E-state index contributed by atoms with van der Waals surface area (Å²) in [7, 11) is 0. The average molecular weight is 363 g/mol. The number of carbonyl (C=O) groups excluding carboxylic acids is 1. The lowest BCUT2D eigenvalue weighted by molar-refractivity contribution is -0.128. The quantitative estimate of drug-likeness (QED) is 0.691. The first-order chi connectivity index (χ1) is 13.1. The molecule has 0 saturated heterocycles. The van der Waals surface area contributed by atoms with E-state index in [1.807, 2.05) is 67.1 Å². The van der Waals surface area contributed by atoms with Crippen LogP contribution in [0.15, 0.2) is 61.2 Å². The van der Waals surface area contributed by atoms with Gasteiger partial charge >= 0.3 is 0 Å². The van der Waals surface area contributed by atoms with E-state index in [-0.39, 0.29) is 5.91 Å². The zero-order chi connectivity index (χ0) is 19.2. The van der Waals surface area contributed by atoms with Gasteiger partial charge in [-0.3, -0.25) is 4.79 Å². The molecule has 27 heavy (non-hydrogen) atoms. The standard InChI is InChI=1S/C22H25N3O2/c1-4-21(27-20-10-5-16(2)17(3)13-20)22(26)24-14-18-6-8-19(9-7-18)25-12-11-23-15-25/h5-13,15,21H,4,14H2,1-3H3,(H,24,26)/t21-/m1/s1. The Bertz CT molecular complexity index is 886. The van der Waals surface area contributed by atoms with Crippen molar-refractivity contribution in [3.63, 3.8) is 0 Å². The van der Waals surface area contributed by atoms with Crippen LogP contribution in [0.25, 0.3) is 5.69 Å². The highest BCUT2D eigenvalue weighted by molar-refractivity contribution is 5.81. The summed E-state index contributed by atoms with van der Waals surface area (Å²) < 4.78 is 7.83. The minimum atomic E-state index is -0.502. The second kappa shape index (κ2) is 8.54. The van der Waals surface area contributed by atoms with Crippen LogP contribution >= 0.6 is 0 Å². The Balaban J connectivity index is 1.57. The first-order valence-corrected chi connectivity index (χ1v) is 9.15. The first kappa shape index (κ1) is 18.7. The van der Waals surface area contributed by atoms with E-state index in [0.29, 0.717) is 13.0 Å². The third-order valence-electron chi connectivity index (χ3n) is 4.63. The van der Waals surface area contributed by atoms with E-state index in [1.165, 1.54) is 5.56 Å². The van der Waals surface area contributed by atoms with E-state index < -0.39 is 6.10 Å². The monoisotopic (exact) mass is 363 g/mol. The van der Waals surface area contributed by atoms with Crippen molar-refractivity contribution >= 4 is 5.91 Å². The number of aryl methyl sites for hydroxylation is 2. The van der Waals surface area contributed by atoms with Crippen LogP contribution in [0.4, 0.5) is 0 Å². The maximum Gasteiger partial charge on any atom is 0.261 e. The smallest absolute Gasteiger partial charge is 0.261 e. The Morgan fingerprint density at radius 1 is 1.15 bits per heavy atom. The van der Waals surface area contributed by atoms with Crippen molar-refractivity contribution in [1.82, 2.24) is 14.9 Å². The molecule has 140 valence electrons. The predicted molar refractivity (Wildman–Crippen MR) is 106 cm³/mol. The molecular formula is C22H25N3O2. The summed E-state index contributed by atoms with van der Waals surface area (Å²) in [5.41, 5.74) is 4.43. The van der Waals surface area contributed by atoms with Crippen molar-refractivity contribution in [2.24, 2.45) is 0 Å². The Kier molecular flexibility index (Phi) is 5.91. The number of hydrogen-bond donors (Lipinski definition) is 1. The number of hydrogen-bond acceptors (Lipinski definition) is 3. The van der Waals surface area contributed by atoms with Gasteiger partial charge in [0.15, 0.2) is 6.10 Å².